The maximum atomic E-state index is 10.8. The largest absolute Gasteiger partial charge is 0.475 e. The number of hydrogen-bond donors (Lipinski definition) is 2. The van der Waals surface area contributed by atoms with Gasteiger partial charge in [-0.05, 0) is 6.92 Å². The molecule has 0 aromatic carbocycles. The average molecular weight is 236 g/mol. The Labute approximate surface area is 94.7 Å². The number of carboxylic acids is 1. The van der Waals surface area contributed by atoms with Gasteiger partial charge >= 0.3 is 5.97 Å². The molecular formula is C10H8N2O3S. The number of carbonyl (C=O) groups is 1. The van der Waals surface area contributed by atoms with Crippen LogP contribution in [0.15, 0.2) is 10.5 Å². The molecule has 2 aromatic heterocycles. The second kappa shape index (κ2) is 3.08. The molecule has 1 aliphatic rings. The van der Waals surface area contributed by atoms with Crippen LogP contribution in [0.2, 0.25) is 0 Å². The van der Waals surface area contributed by atoms with Gasteiger partial charge in [0.2, 0.25) is 5.76 Å². The summed E-state index contributed by atoms with van der Waals surface area (Å²) in [7, 11) is 0. The highest BCUT2D eigenvalue weighted by atomic mass is 32.1. The summed E-state index contributed by atoms with van der Waals surface area (Å²) in [5, 5.41) is 12.9. The summed E-state index contributed by atoms with van der Waals surface area (Å²) < 4.78 is 5.29. The number of rotatable bonds is 1. The molecule has 0 saturated heterocycles. The molecule has 0 fully saturated rings. The van der Waals surface area contributed by atoms with Crippen LogP contribution in [0.4, 0.5) is 5.69 Å². The van der Waals surface area contributed by atoms with E-state index in [1.54, 1.807) is 11.3 Å². The van der Waals surface area contributed by atoms with Crippen molar-refractivity contribution in [1.29, 1.82) is 0 Å². The van der Waals surface area contributed by atoms with Crippen molar-refractivity contribution in [3.63, 3.8) is 0 Å². The third-order valence-electron chi connectivity index (χ3n) is 2.40. The Balaban J connectivity index is 2.19. The molecule has 0 spiro atoms. The Morgan fingerprint density at radius 2 is 2.50 bits per heavy atom. The third-order valence-corrected chi connectivity index (χ3v) is 3.37. The van der Waals surface area contributed by atoms with E-state index in [0.717, 1.165) is 15.6 Å². The minimum absolute atomic E-state index is 0.0593. The van der Waals surface area contributed by atoms with Crippen molar-refractivity contribution < 1.29 is 14.3 Å². The quantitative estimate of drug-likeness (QED) is 0.794. The van der Waals surface area contributed by atoms with E-state index in [1.165, 1.54) is 6.07 Å². The van der Waals surface area contributed by atoms with Gasteiger partial charge in [0.05, 0.1) is 22.1 Å². The van der Waals surface area contributed by atoms with Crippen LogP contribution in [0, 0.1) is 6.92 Å². The van der Waals surface area contributed by atoms with Gasteiger partial charge in [-0.3, -0.25) is 0 Å². The van der Waals surface area contributed by atoms with Gasteiger partial charge in [0.1, 0.15) is 5.69 Å². The molecule has 2 N–H and O–H groups in total. The first kappa shape index (κ1) is 9.41. The number of fused-ring (bicyclic) bond motifs is 3. The molecule has 0 radical (unpaired) electrons. The van der Waals surface area contributed by atoms with Crippen LogP contribution in [-0.4, -0.2) is 16.1 Å². The maximum Gasteiger partial charge on any atom is 0.371 e. The SMILES string of the molecule is Cc1nc2c(s1)CNc1cc(C(=O)O)oc1-2. The van der Waals surface area contributed by atoms with Gasteiger partial charge in [-0.25, -0.2) is 9.78 Å². The number of anilines is 1. The number of carboxylic acid groups (broad SMARTS) is 1. The number of aromatic carboxylic acids is 1. The topological polar surface area (TPSA) is 75.4 Å². The Morgan fingerprint density at radius 3 is 3.25 bits per heavy atom. The van der Waals surface area contributed by atoms with Gasteiger partial charge in [-0.1, -0.05) is 0 Å². The fourth-order valence-electron chi connectivity index (χ4n) is 1.75. The first-order valence-electron chi connectivity index (χ1n) is 4.73. The monoisotopic (exact) mass is 236 g/mol. The van der Waals surface area contributed by atoms with E-state index in [-0.39, 0.29) is 5.76 Å². The summed E-state index contributed by atoms with van der Waals surface area (Å²) in [6.07, 6.45) is 0. The lowest BCUT2D eigenvalue weighted by Crippen LogP contribution is -2.04. The predicted octanol–water partition coefficient (Wildman–Crippen LogP) is 2.34. The average Bonchev–Trinajstić information content (AvgIpc) is 2.77. The van der Waals surface area contributed by atoms with Crippen molar-refractivity contribution >= 4 is 23.0 Å². The Morgan fingerprint density at radius 1 is 1.69 bits per heavy atom. The summed E-state index contributed by atoms with van der Waals surface area (Å²) in [5.74, 6) is -0.594. The lowest BCUT2D eigenvalue weighted by atomic mass is 10.2. The molecule has 3 rings (SSSR count). The molecule has 3 heterocycles. The summed E-state index contributed by atoms with van der Waals surface area (Å²) in [6, 6.07) is 1.50. The van der Waals surface area contributed by atoms with Crippen molar-refractivity contribution in [2.45, 2.75) is 13.5 Å². The number of furan rings is 1. The molecule has 82 valence electrons. The number of aromatic nitrogens is 1. The number of nitrogens with one attached hydrogen (secondary N) is 1. The van der Waals surface area contributed by atoms with Gasteiger partial charge in [0, 0.05) is 6.07 Å². The smallest absolute Gasteiger partial charge is 0.371 e. The molecule has 1 aliphatic heterocycles. The zero-order valence-corrected chi connectivity index (χ0v) is 9.22. The zero-order chi connectivity index (χ0) is 11.3. The molecule has 0 amide bonds. The molecular weight excluding hydrogens is 228 g/mol. The van der Waals surface area contributed by atoms with Crippen molar-refractivity contribution in [1.82, 2.24) is 4.98 Å². The second-order valence-electron chi connectivity index (χ2n) is 3.52. The number of aryl methyl sites for hydroxylation is 1. The van der Waals surface area contributed by atoms with E-state index in [4.69, 9.17) is 9.52 Å². The van der Waals surface area contributed by atoms with Crippen LogP contribution in [-0.2, 0) is 6.54 Å². The lowest BCUT2D eigenvalue weighted by Gasteiger charge is -2.10. The van der Waals surface area contributed by atoms with Crippen molar-refractivity contribution in [3.05, 3.63) is 21.7 Å². The molecule has 0 saturated carbocycles. The van der Waals surface area contributed by atoms with Crippen LogP contribution in [0.25, 0.3) is 11.5 Å². The van der Waals surface area contributed by atoms with Crippen molar-refractivity contribution in [2.24, 2.45) is 0 Å². The fourth-order valence-corrected chi connectivity index (χ4v) is 2.62. The molecule has 0 bridgehead atoms. The number of nitrogens with zero attached hydrogens (tertiary/aromatic N) is 1. The Bertz CT molecular complexity index is 585. The molecule has 16 heavy (non-hydrogen) atoms. The summed E-state index contributed by atoms with van der Waals surface area (Å²) in [6.45, 7) is 2.59. The lowest BCUT2D eigenvalue weighted by molar-refractivity contribution is 0.0663. The van der Waals surface area contributed by atoms with Gasteiger partial charge in [0.25, 0.3) is 0 Å². The standard InChI is InChI=1S/C10H8N2O3S/c1-4-12-8-7(16-4)3-11-5-2-6(10(13)14)15-9(5)8/h2,11H,3H2,1H3,(H,13,14). The van der Waals surface area contributed by atoms with Gasteiger partial charge in [-0.15, -0.1) is 11.3 Å². The van der Waals surface area contributed by atoms with Crippen LogP contribution >= 0.6 is 11.3 Å². The molecule has 2 aromatic rings. The fraction of sp³-hybridized carbons (Fsp3) is 0.200. The van der Waals surface area contributed by atoms with Crippen molar-refractivity contribution in [2.75, 3.05) is 5.32 Å². The summed E-state index contributed by atoms with van der Waals surface area (Å²) >= 11 is 1.59. The normalized spacial score (nSPS) is 12.8. The minimum Gasteiger partial charge on any atom is -0.475 e. The Kier molecular flexibility index (Phi) is 1.81. The van der Waals surface area contributed by atoms with Crippen LogP contribution in [0.5, 0.6) is 0 Å². The molecule has 6 heteroatoms. The first-order valence-corrected chi connectivity index (χ1v) is 5.54. The van der Waals surface area contributed by atoms with Crippen LogP contribution < -0.4 is 5.32 Å². The number of thiazole rings is 1. The van der Waals surface area contributed by atoms with Crippen LogP contribution in [0.1, 0.15) is 20.4 Å². The van der Waals surface area contributed by atoms with Gasteiger partial charge in [0.15, 0.2) is 5.76 Å². The molecule has 0 aliphatic carbocycles. The highest BCUT2D eigenvalue weighted by molar-refractivity contribution is 7.12. The Hall–Kier alpha value is -1.82. The van der Waals surface area contributed by atoms with E-state index < -0.39 is 5.97 Å². The van der Waals surface area contributed by atoms with Crippen molar-refractivity contribution in [3.8, 4) is 11.5 Å². The predicted molar refractivity (Wildman–Crippen MR) is 58.8 cm³/mol. The van der Waals surface area contributed by atoms with E-state index in [2.05, 4.69) is 10.3 Å². The van der Waals surface area contributed by atoms with E-state index in [1.807, 2.05) is 6.92 Å². The second-order valence-corrected chi connectivity index (χ2v) is 4.80. The molecule has 0 atom stereocenters. The van der Waals surface area contributed by atoms with E-state index in [9.17, 15) is 4.79 Å². The van der Waals surface area contributed by atoms with Gasteiger partial charge < -0.3 is 14.8 Å². The molecule has 0 unspecified atom stereocenters. The molecule has 5 nitrogen and oxygen atoms in total. The zero-order valence-electron chi connectivity index (χ0n) is 8.40. The number of hydrogen-bond acceptors (Lipinski definition) is 5. The summed E-state index contributed by atoms with van der Waals surface area (Å²) in [5.41, 5.74) is 1.47. The van der Waals surface area contributed by atoms with Gasteiger partial charge in [-0.2, -0.15) is 0 Å². The highest BCUT2D eigenvalue weighted by Gasteiger charge is 2.25. The maximum absolute atomic E-state index is 10.8. The van der Waals surface area contributed by atoms with Crippen LogP contribution in [0.3, 0.4) is 0 Å². The first-order chi connectivity index (χ1) is 7.65. The minimum atomic E-state index is -1.07. The summed E-state index contributed by atoms with van der Waals surface area (Å²) in [4.78, 5) is 16.2. The third kappa shape index (κ3) is 1.23. The van der Waals surface area contributed by atoms with E-state index >= 15 is 0 Å². The highest BCUT2D eigenvalue weighted by Crippen LogP contribution is 2.39. The van der Waals surface area contributed by atoms with E-state index in [0.29, 0.717) is 18.0 Å².